The van der Waals surface area contributed by atoms with Crippen molar-refractivity contribution in [2.24, 2.45) is 10.8 Å². The monoisotopic (exact) mass is 288 g/mol. The van der Waals surface area contributed by atoms with E-state index in [2.05, 4.69) is 33.3 Å². The van der Waals surface area contributed by atoms with Gasteiger partial charge in [-0.3, -0.25) is 14.4 Å². The fourth-order valence-electron chi connectivity index (χ4n) is 1.000. The van der Waals surface area contributed by atoms with E-state index in [0.29, 0.717) is 0 Å². The van der Waals surface area contributed by atoms with Gasteiger partial charge in [-0.1, -0.05) is 0 Å². The summed E-state index contributed by atoms with van der Waals surface area (Å²) in [6.07, 6.45) is 0. The van der Waals surface area contributed by atoms with Gasteiger partial charge in [0.2, 0.25) is 17.7 Å². The van der Waals surface area contributed by atoms with Crippen LogP contribution in [-0.2, 0) is 14.4 Å². The molecule has 4 N–H and O–H groups in total. The molecule has 3 atom stereocenters. The molecular weight excluding hydrogens is 272 g/mol. The number of nitrogens with zero attached hydrogens (tertiary/aromatic N) is 3. The Morgan fingerprint density at radius 2 is 1.79 bits per heavy atom. The third kappa shape index (κ3) is 6.09. The minimum absolute atomic E-state index is 0.145. The smallest absolute Gasteiger partial charge is 0.242 e. The van der Waals surface area contributed by atoms with Crippen LogP contribution in [0.3, 0.4) is 0 Å². The normalized spacial score (nSPS) is 14.5. The molecule has 0 fully saturated rings. The zero-order valence-corrected chi connectivity index (χ0v) is 11.4. The van der Waals surface area contributed by atoms with Gasteiger partial charge in [0, 0.05) is 10.7 Å². The SMILES string of the molecule is C[C@H](NC(=O)[C@H](C)NC(=O)[C@@H](N)CS)C(=O)N=[N+]=[N-]. The van der Waals surface area contributed by atoms with Crippen molar-refractivity contribution in [3.63, 3.8) is 0 Å². The number of nitrogens with one attached hydrogen (secondary N) is 2. The van der Waals surface area contributed by atoms with E-state index in [1.165, 1.54) is 13.8 Å². The molecule has 0 aromatic carbocycles. The number of rotatable bonds is 6. The molecule has 9 nitrogen and oxygen atoms in total. The number of carbonyl (C=O) groups excluding carboxylic acids is 3. The first-order valence-corrected chi connectivity index (χ1v) is 6.02. The summed E-state index contributed by atoms with van der Waals surface area (Å²) in [4.78, 5) is 36.5. The Morgan fingerprint density at radius 3 is 2.26 bits per heavy atom. The van der Waals surface area contributed by atoms with Crippen molar-refractivity contribution in [3.05, 3.63) is 10.4 Å². The molecule has 0 spiro atoms. The van der Waals surface area contributed by atoms with E-state index < -0.39 is 35.8 Å². The molecule has 19 heavy (non-hydrogen) atoms. The van der Waals surface area contributed by atoms with E-state index >= 15 is 0 Å². The Balaban J connectivity index is 4.39. The number of amides is 3. The quantitative estimate of drug-likeness (QED) is 0.216. The number of carbonyl (C=O) groups is 3. The predicted molar refractivity (Wildman–Crippen MR) is 71.2 cm³/mol. The predicted octanol–water partition coefficient (Wildman–Crippen LogP) is -0.910. The van der Waals surface area contributed by atoms with Crippen LogP contribution in [0.4, 0.5) is 0 Å². The summed E-state index contributed by atoms with van der Waals surface area (Å²) in [5, 5.41) is 7.51. The van der Waals surface area contributed by atoms with E-state index in [9.17, 15) is 14.4 Å². The van der Waals surface area contributed by atoms with Gasteiger partial charge in [-0.2, -0.15) is 12.6 Å². The van der Waals surface area contributed by atoms with E-state index in [1.807, 2.05) is 0 Å². The second-order valence-electron chi connectivity index (χ2n) is 3.78. The second-order valence-corrected chi connectivity index (χ2v) is 4.14. The molecule has 0 aliphatic rings. The average molecular weight is 288 g/mol. The van der Waals surface area contributed by atoms with E-state index in [0.717, 1.165) is 0 Å². The lowest BCUT2D eigenvalue weighted by molar-refractivity contribution is -0.130. The summed E-state index contributed by atoms with van der Waals surface area (Å²) >= 11 is 3.86. The van der Waals surface area contributed by atoms with Crippen molar-refractivity contribution < 1.29 is 14.4 Å². The molecule has 0 aliphatic heterocycles. The van der Waals surface area contributed by atoms with Crippen molar-refractivity contribution in [1.29, 1.82) is 0 Å². The minimum Gasteiger partial charge on any atom is -0.345 e. The van der Waals surface area contributed by atoms with Crippen LogP contribution in [0.2, 0.25) is 0 Å². The minimum atomic E-state index is -0.971. The fraction of sp³-hybridized carbons (Fsp3) is 0.667. The third-order valence-corrected chi connectivity index (χ3v) is 2.55. The molecular formula is C9H16N6O3S. The van der Waals surface area contributed by atoms with Crippen LogP contribution in [0, 0.1) is 0 Å². The highest BCUT2D eigenvalue weighted by atomic mass is 32.1. The Morgan fingerprint density at radius 1 is 1.26 bits per heavy atom. The van der Waals surface area contributed by atoms with E-state index in [4.69, 9.17) is 11.3 Å². The molecule has 0 aromatic heterocycles. The molecule has 0 aromatic rings. The van der Waals surface area contributed by atoms with E-state index in [1.54, 1.807) is 0 Å². The summed E-state index contributed by atoms with van der Waals surface area (Å²) in [5.41, 5.74) is 13.5. The topological polar surface area (TPSA) is 150 Å². The first-order valence-electron chi connectivity index (χ1n) is 5.39. The van der Waals surface area contributed by atoms with Crippen LogP contribution in [-0.4, -0.2) is 41.6 Å². The van der Waals surface area contributed by atoms with Crippen LogP contribution in [0.1, 0.15) is 13.8 Å². The number of azide groups is 1. The molecule has 10 heteroatoms. The lowest BCUT2D eigenvalue weighted by Gasteiger charge is -2.18. The number of hydrogen-bond acceptors (Lipinski definition) is 5. The summed E-state index contributed by atoms with van der Waals surface area (Å²) in [7, 11) is 0. The van der Waals surface area contributed by atoms with Crippen LogP contribution in [0.25, 0.3) is 10.4 Å². The number of nitrogens with two attached hydrogens (primary N) is 1. The molecule has 0 unspecified atom stereocenters. The maximum atomic E-state index is 11.6. The molecule has 106 valence electrons. The van der Waals surface area contributed by atoms with Gasteiger partial charge in [-0.25, -0.2) is 0 Å². The molecule has 0 radical (unpaired) electrons. The highest BCUT2D eigenvalue weighted by molar-refractivity contribution is 7.80. The molecule has 0 saturated carbocycles. The maximum Gasteiger partial charge on any atom is 0.242 e. The zero-order valence-electron chi connectivity index (χ0n) is 10.5. The van der Waals surface area contributed by atoms with E-state index in [-0.39, 0.29) is 5.75 Å². The molecule has 0 aliphatic carbocycles. The van der Waals surface area contributed by atoms with Gasteiger partial charge < -0.3 is 16.4 Å². The summed E-state index contributed by atoms with van der Waals surface area (Å²) in [6, 6.07) is -2.66. The zero-order chi connectivity index (χ0) is 15.0. The van der Waals surface area contributed by atoms with Gasteiger partial charge in [0.1, 0.15) is 6.04 Å². The lowest BCUT2D eigenvalue weighted by atomic mass is 10.2. The van der Waals surface area contributed by atoms with Crippen LogP contribution < -0.4 is 16.4 Å². The van der Waals surface area contributed by atoms with Crippen molar-refractivity contribution in [2.45, 2.75) is 32.0 Å². The largest absolute Gasteiger partial charge is 0.345 e. The van der Waals surface area contributed by atoms with Gasteiger partial charge in [-0.05, 0) is 24.5 Å². The van der Waals surface area contributed by atoms with Crippen LogP contribution in [0.15, 0.2) is 5.11 Å². The maximum absolute atomic E-state index is 11.6. The van der Waals surface area contributed by atoms with Crippen molar-refractivity contribution >= 4 is 30.4 Å². The summed E-state index contributed by atoms with van der Waals surface area (Å²) < 4.78 is 0. The van der Waals surface area contributed by atoms with Gasteiger partial charge in [0.15, 0.2) is 0 Å². The van der Waals surface area contributed by atoms with Crippen molar-refractivity contribution in [2.75, 3.05) is 5.75 Å². The Kier molecular flexibility index (Phi) is 7.57. The standard InChI is InChI=1S/C9H16N6O3S/c1-4(13-9(18)6(10)3-19)7(16)12-5(2)8(17)14-15-11/h4-6,19H,3,10H2,1-2H3,(H,12,16)(H,13,18)/t4-,5-,6-/m0/s1. The third-order valence-electron chi connectivity index (χ3n) is 2.16. The van der Waals surface area contributed by atoms with Crippen LogP contribution >= 0.6 is 12.6 Å². The highest BCUT2D eigenvalue weighted by Crippen LogP contribution is 1.92. The Bertz CT molecular complexity index is 409. The molecule has 0 rings (SSSR count). The van der Waals surface area contributed by atoms with Gasteiger partial charge in [-0.15, -0.1) is 0 Å². The van der Waals surface area contributed by atoms with Crippen molar-refractivity contribution in [1.82, 2.24) is 10.6 Å². The molecule has 0 bridgehead atoms. The average Bonchev–Trinajstić information content (AvgIpc) is 2.37. The summed E-state index contributed by atoms with van der Waals surface area (Å²) in [5.74, 6) is -1.78. The first-order chi connectivity index (χ1) is 8.83. The van der Waals surface area contributed by atoms with Crippen molar-refractivity contribution in [3.8, 4) is 0 Å². The number of hydrogen-bond donors (Lipinski definition) is 4. The fourth-order valence-corrected chi connectivity index (χ4v) is 1.17. The lowest BCUT2D eigenvalue weighted by Crippen LogP contribution is -2.52. The molecule has 0 heterocycles. The van der Waals surface area contributed by atoms with Gasteiger partial charge in [0.25, 0.3) is 0 Å². The number of thiol groups is 1. The molecule has 3 amide bonds. The first kappa shape index (κ1) is 17.2. The van der Waals surface area contributed by atoms with Gasteiger partial charge in [0.05, 0.1) is 12.1 Å². The Labute approximate surface area is 115 Å². The second kappa shape index (κ2) is 8.35. The molecule has 0 saturated heterocycles. The van der Waals surface area contributed by atoms with Gasteiger partial charge >= 0.3 is 0 Å². The Hall–Kier alpha value is -1.77. The summed E-state index contributed by atoms with van der Waals surface area (Å²) in [6.45, 7) is 2.80. The highest BCUT2D eigenvalue weighted by Gasteiger charge is 2.22. The van der Waals surface area contributed by atoms with Crippen LogP contribution in [0.5, 0.6) is 0 Å².